The number of nitrogens with one attached hydrogen (secondary N) is 1. The summed E-state index contributed by atoms with van der Waals surface area (Å²) in [5.41, 5.74) is 0. The van der Waals surface area contributed by atoms with Gasteiger partial charge in [0.15, 0.2) is 0 Å². The van der Waals surface area contributed by atoms with Crippen LogP contribution in [0.25, 0.3) is 0 Å². The van der Waals surface area contributed by atoms with E-state index in [9.17, 15) is 13.2 Å². The first-order valence-electron chi connectivity index (χ1n) is 5.57. The quantitative estimate of drug-likeness (QED) is 0.757. The lowest BCUT2D eigenvalue weighted by Crippen LogP contribution is -2.17. The summed E-state index contributed by atoms with van der Waals surface area (Å²) >= 11 is 6.43. The number of carbonyl (C=O) groups is 1. The zero-order valence-corrected chi connectivity index (χ0v) is 14.3. The summed E-state index contributed by atoms with van der Waals surface area (Å²) in [6.45, 7) is 0. The molecule has 0 fully saturated rings. The highest BCUT2D eigenvalue weighted by molar-refractivity contribution is 8.22. The maximum Gasteiger partial charge on any atom is 0.362 e. The minimum Gasteiger partial charge on any atom is -0.467 e. The van der Waals surface area contributed by atoms with Crippen LogP contribution in [-0.2, 0) is 16.3 Å². The molecule has 0 bridgehead atoms. The topological polar surface area (TPSA) is 127 Å². The maximum atomic E-state index is 11.2. The Morgan fingerprint density at radius 1 is 1.41 bits per heavy atom. The number of nitrogens with zero attached hydrogens (tertiary/aromatic N) is 5. The number of thiocarbonyl (C=S) groups is 1. The Labute approximate surface area is 137 Å². The number of rotatable bonds is 4. The lowest BCUT2D eigenvalue weighted by atomic mass is 10.7. The molecule has 1 N–H and O–H groups in total. The van der Waals surface area contributed by atoms with Crippen LogP contribution < -0.4 is 10.1 Å². The average Bonchev–Trinajstić information content (AvgIpc) is 2.43. The van der Waals surface area contributed by atoms with Crippen LogP contribution in [0.1, 0.15) is 5.82 Å². The molecule has 2 amide bonds. The van der Waals surface area contributed by atoms with Crippen molar-refractivity contribution in [2.75, 3.05) is 26.5 Å². The second-order valence-electron chi connectivity index (χ2n) is 3.75. The molecular weight excluding hydrogens is 352 g/mol. The molecule has 0 saturated carbocycles. The molecule has 1 aromatic heterocycles. The van der Waals surface area contributed by atoms with E-state index in [1.807, 2.05) is 0 Å². The van der Waals surface area contributed by atoms with Crippen LogP contribution in [0.2, 0.25) is 0 Å². The average molecular weight is 364 g/mol. The molecule has 0 aliphatic rings. The molecule has 1 heterocycles. The highest BCUT2D eigenvalue weighted by Crippen LogP contribution is 2.15. The summed E-state index contributed by atoms with van der Waals surface area (Å²) in [6.07, 6.45) is 0. The van der Waals surface area contributed by atoms with Crippen LogP contribution in [0.4, 0.5) is 10.7 Å². The van der Waals surface area contributed by atoms with Gasteiger partial charge < -0.3 is 9.64 Å². The van der Waals surface area contributed by atoms with Gasteiger partial charge in [0.2, 0.25) is 5.95 Å². The van der Waals surface area contributed by atoms with Crippen molar-refractivity contribution < 1.29 is 17.9 Å². The second-order valence-corrected chi connectivity index (χ2v) is 5.98. The summed E-state index contributed by atoms with van der Waals surface area (Å²) in [5.74, 6) is 0.459. The molecule has 0 aliphatic carbocycles. The Morgan fingerprint density at radius 3 is 2.64 bits per heavy atom. The molecule has 120 valence electrons. The van der Waals surface area contributed by atoms with Crippen molar-refractivity contribution >= 4 is 50.8 Å². The number of aromatic nitrogens is 3. The highest BCUT2D eigenvalue weighted by atomic mass is 32.2. The summed E-state index contributed by atoms with van der Waals surface area (Å²) in [4.78, 5) is 24.7. The van der Waals surface area contributed by atoms with E-state index in [1.165, 1.54) is 18.9 Å². The molecular formula is C9H12N6O4S3. The molecule has 0 spiro atoms. The van der Waals surface area contributed by atoms with Gasteiger partial charge in [0.05, 0.1) is 12.9 Å². The third kappa shape index (κ3) is 6.28. The van der Waals surface area contributed by atoms with Crippen LogP contribution >= 0.6 is 24.0 Å². The van der Waals surface area contributed by atoms with Crippen molar-refractivity contribution in [1.29, 1.82) is 0 Å². The van der Waals surface area contributed by atoms with Gasteiger partial charge in [0.1, 0.15) is 10.1 Å². The lowest BCUT2D eigenvalue weighted by Gasteiger charge is -2.12. The zero-order chi connectivity index (χ0) is 16.7. The molecule has 0 aliphatic heterocycles. The third-order valence-corrected chi connectivity index (χ3v) is 3.96. The normalized spacial score (nSPS) is 9.77. The Hall–Kier alpha value is -1.86. The van der Waals surface area contributed by atoms with E-state index in [4.69, 9.17) is 17.0 Å². The number of hydrogen-bond donors (Lipinski definition) is 1. The summed E-state index contributed by atoms with van der Waals surface area (Å²) in [7, 11) is 2.09. The monoisotopic (exact) mass is 364 g/mol. The van der Waals surface area contributed by atoms with Crippen molar-refractivity contribution in [3.05, 3.63) is 5.82 Å². The van der Waals surface area contributed by atoms with Gasteiger partial charge in [-0.05, 0) is 0 Å². The number of anilines is 1. The minimum atomic E-state index is -2.86. The van der Waals surface area contributed by atoms with Gasteiger partial charge in [-0.15, -0.1) is 0 Å². The molecule has 0 saturated heterocycles. The fraction of sp³-hybridized carbons (Fsp3) is 0.444. The Bertz CT molecular complexity index is 697. The lowest BCUT2D eigenvalue weighted by molar-refractivity contribution is 0.259. The van der Waals surface area contributed by atoms with Gasteiger partial charge in [-0.3, -0.25) is 5.32 Å². The molecule has 0 aromatic carbocycles. The number of ether oxygens (including phenoxy) is 1. The molecule has 0 atom stereocenters. The summed E-state index contributed by atoms with van der Waals surface area (Å²) in [6, 6.07) is -1.15. The largest absolute Gasteiger partial charge is 0.467 e. The fourth-order valence-corrected chi connectivity index (χ4v) is 2.05. The van der Waals surface area contributed by atoms with Crippen molar-refractivity contribution in [3.8, 4) is 6.01 Å². The van der Waals surface area contributed by atoms with E-state index < -0.39 is 16.5 Å². The van der Waals surface area contributed by atoms with E-state index >= 15 is 0 Å². The summed E-state index contributed by atoms with van der Waals surface area (Å²) in [5, 5.41) is 2.11. The Balaban J connectivity index is 2.91. The number of amides is 2. The molecule has 22 heavy (non-hydrogen) atoms. The van der Waals surface area contributed by atoms with Crippen molar-refractivity contribution in [2.24, 2.45) is 4.36 Å². The number of carbonyl (C=O) groups excluding carboxylic acids is 1. The van der Waals surface area contributed by atoms with Gasteiger partial charge in [-0.25, -0.2) is 4.79 Å². The molecule has 1 aromatic rings. The standard InChI is InChI=1S/C9H12N6O4S3/c1-15(2)9(20)21-4-5-10-6(13-8(11-5)19-3)12-7(16)14-22(17)18/h4H2,1-3H3,(H,10,11,12,13,16). The summed E-state index contributed by atoms with van der Waals surface area (Å²) < 4.78 is 28.9. The molecule has 1 rings (SSSR count). The molecule has 13 heteroatoms. The van der Waals surface area contributed by atoms with Crippen molar-refractivity contribution in [1.82, 2.24) is 19.9 Å². The number of thioether (sulfide) groups is 1. The van der Waals surface area contributed by atoms with E-state index in [-0.39, 0.29) is 12.0 Å². The van der Waals surface area contributed by atoms with Gasteiger partial charge in [-0.2, -0.15) is 23.4 Å². The molecule has 0 unspecified atom stereocenters. The first-order valence-corrected chi connectivity index (χ1v) is 7.99. The highest BCUT2D eigenvalue weighted by Gasteiger charge is 2.11. The van der Waals surface area contributed by atoms with E-state index in [0.29, 0.717) is 15.9 Å². The molecule has 0 radical (unpaired) electrons. The number of hydrogen-bond acceptors (Lipinski definition) is 9. The van der Waals surface area contributed by atoms with Crippen LogP contribution in [0.5, 0.6) is 6.01 Å². The predicted octanol–water partition coefficient (Wildman–Crippen LogP) is 0.554. The number of methoxy groups -OCH3 is 1. The van der Waals surface area contributed by atoms with E-state index in [0.717, 1.165) is 0 Å². The fourth-order valence-electron chi connectivity index (χ4n) is 1.05. The van der Waals surface area contributed by atoms with Gasteiger partial charge >= 0.3 is 22.5 Å². The van der Waals surface area contributed by atoms with Crippen molar-refractivity contribution in [2.45, 2.75) is 5.75 Å². The van der Waals surface area contributed by atoms with Crippen LogP contribution in [-0.4, -0.2) is 59.8 Å². The third-order valence-electron chi connectivity index (χ3n) is 1.91. The van der Waals surface area contributed by atoms with Gasteiger partial charge in [0.25, 0.3) is 0 Å². The minimum absolute atomic E-state index is 0.0279. The van der Waals surface area contributed by atoms with Crippen LogP contribution in [0.15, 0.2) is 4.36 Å². The van der Waals surface area contributed by atoms with Gasteiger partial charge in [0, 0.05) is 14.1 Å². The first kappa shape index (κ1) is 18.2. The van der Waals surface area contributed by atoms with E-state index in [2.05, 4.69) is 24.6 Å². The maximum absolute atomic E-state index is 11.2. The predicted molar refractivity (Wildman–Crippen MR) is 84.3 cm³/mol. The van der Waals surface area contributed by atoms with Crippen molar-refractivity contribution in [3.63, 3.8) is 0 Å². The van der Waals surface area contributed by atoms with Gasteiger partial charge in [-0.1, -0.05) is 28.3 Å². The Kier molecular flexibility index (Phi) is 7.07. The Morgan fingerprint density at radius 2 is 2.09 bits per heavy atom. The number of urea groups is 1. The zero-order valence-electron chi connectivity index (χ0n) is 11.8. The SMILES string of the molecule is COc1nc(CSC(=S)N(C)C)nc(NC(=O)N=S(=O)=O)n1. The van der Waals surface area contributed by atoms with Crippen LogP contribution in [0, 0.1) is 0 Å². The smallest absolute Gasteiger partial charge is 0.362 e. The second kappa shape index (κ2) is 8.55. The first-order chi connectivity index (χ1) is 10.3. The van der Waals surface area contributed by atoms with Crippen LogP contribution in [0.3, 0.4) is 0 Å². The molecule has 10 nitrogen and oxygen atoms in total. The van der Waals surface area contributed by atoms with E-state index in [1.54, 1.807) is 19.0 Å².